The molecule has 0 spiro atoms. The number of methoxy groups -OCH3 is 2. The number of nitro groups is 2. The van der Waals surface area contributed by atoms with E-state index in [2.05, 4.69) is 0 Å². The van der Waals surface area contributed by atoms with Gasteiger partial charge in [-0.2, -0.15) is 0 Å². The van der Waals surface area contributed by atoms with E-state index in [9.17, 15) is 20.2 Å². The molecular formula is C16H13Cl3N2O6. The first-order valence-electron chi connectivity index (χ1n) is 7.31. The number of hydrogen-bond donors (Lipinski definition) is 0. The van der Waals surface area contributed by atoms with Crippen molar-refractivity contribution in [1.29, 1.82) is 0 Å². The van der Waals surface area contributed by atoms with E-state index in [0.717, 1.165) is 0 Å². The first kappa shape index (κ1) is 21.0. The van der Waals surface area contributed by atoms with E-state index in [0.29, 0.717) is 0 Å². The summed E-state index contributed by atoms with van der Waals surface area (Å²) < 4.78 is 7.99. The summed E-state index contributed by atoms with van der Waals surface area (Å²) >= 11 is 18.3. The van der Waals surface area contributed by atoms with Gasteiger partial charge in [-0.25, -0.2) is 0 Å². The average Bonchev–Trinajstić information content (AvgIpc) is 2.60. The summed E-state index contributed by atoms with van der Waals surface area (Å²) in [7, 11) is 2.59. The molecule has 0 saturated carbocycles. The summed E-state index contributed by atoms with van der Waals surface area (Å²) in [5.74, 6) is -0.947. The van der Waals surface area contributed by atoms with E-state index in [4.69, 9.17) is 44.3 Å². The number of ether oxygens (including phenoxy) is 2. The maximum absolute atomic E-state index is 11.3. The van der Waals surface area contributed by atoms with Crippen LogP contribution in [0.5, 0.6) is 11.5 Å². The van der Waals surface area contributed by atoms with Crippen molar-refractivity contribution in [1.82, 2.24) is 0 Å². The van der Waals surface area contributed by atoms with Crippen molar-refractivity contribution in [3.05, 3.63) is 67.8 Å². The summed E-state index contributed by atoms with van der Waals surface area (Å²) in [6.07, 6.45) is 0. The molecule has 11 heteroatoms. The maximum atomic E-state index is 11.3. The van der Waals surface area contributed by atoms with Gasteiger partial charge in [-0.3, -0.25) is 20.2 Å². The molecule has 2 rings (SSSR count). The Hall–Kier alpha value is -2.29. The monoisotopic (exact) mass is 434 g/mol. The van der Waals surface area contributed by atoms with E-state index in [-0.39, 0.29) is 34.0 Å². The predicted molar refractivity (Wildman–Crippen MR) is 101 cm³/mol. The molecular weight excluding hydrogens is 423 g/mol. The standard InChI is InChI=1S/C16H13Cl3N2O6/c1-26-13-5-3-9(7-11(13)20(22)23)15(16(17,18)19)10-4-6-14(27-2)12(8-10)21(24)25/h3-8,15H,1-2H3. The van der Waals surface area contributed by atoms with Crippen molar-refractivity contribution in [3.8, 4) is 11.5 Å². The van der Waals surface area contributed by atoms with E-state index in [1.807, 2.05) is 0 Å². The van der Waals surface area contributed by atoms with Gasteiger partial charge < -0.3 is 9.47 Å². The van der Waals surface area contributed by atoms with Gasteiger partial charge in [0.2, 0.25) is 3.79 Å². The fourth-order valence-electron chi connectivity index (χ4n) is 2.63. The molecule has 8 nitrogen and oxygen atoms in total. The van der Waals surface area contributed by atoms with Crippen LogP contribution in [0.1, 0.15) is 17.0 Å². The molecule has 0 fully saturated rings. The van der Waals surface area contributed by atoms with Gasteiger partial charge in [0.05, 0.1) is 30.0 Å². The van der Waals surface area contributed by atoms with E-state index in [1.165, 1.54) is 50.6 Å². The average molecular weight is 436 g/mol. The summed E-state index contributed by atoms with van der Waals surface area (Å²) in [5, 5.41) is 22.6. The van der Waals surface area contributed by atoms with Crippen molar-refractivity contribution >= 4 is 46.2 Å². The van der Waals surface area contributed by atoms with E-state index < -0.39 is 19.6 Å². The summed E-state index contributed by atoms with van der Waals surface area (Å²) in [4.78, 5) is 21.3. The summed E-state index contributed by atoms with van der Waals surface area (Å²) in [6.45, 7) is 0. The van der Waals surface area contributed by atoms with Gasteiger partial charge in [0.15, 0.2) is 11.5 Å². The molecule has 0 bridgehead atoms. The Balaban J connectivity index is 2.68. The van der Waals surface area contributed by atoms with Crippen LogP contribution in [0.4, 0.5) is 11.4 Å². The van der Waals surface area contributed by atoms with Gasteiger partial charge in [-0.15, -0.1) is 0 Å². The Labute approximate surface area is 168 Å². The molecule has 0 N–H and O–H groups in total. The van der Waals surface area contributed by atoms with Crippen molar-refractivity contribution in [2.45, 2.75) is 9.71 Å². The molecule has 0 heterocycles. The lowest BCUT2D eigenvalue weighted by Crippen LogP contribution is -2.19. The van der Waals surface area contributed by atoms with Gasteiger partial charge in [0.1, 0.15) is 0 Å². The van der Waals surface area contributed by atoms with Crippen LogP contribution >= 0.6 is 34.8 Å². The third kappa shape index (κ3) is 4.52. The number of nitro benzene ring substituents is 2. The lowest BCUT2D eigenvalue weighted by atomic mass is 9.91. The van der Waals surface area contributed by atoms with Crippen molar-refractivity contribution in [2.24, 2.45) is 0 Å². The SMILES string of the molecule is COc1ccc(C(c2ccc(OC)c([N+](=O)[O-])c2)C(Cl)(Cl)Cl)cc1[N+](=O)[O-]. The van der Waals surface area contributed by atoms with Crippen LogP contribution in [0.3, 0.4) is 0 Å². The molecule has 0 amide bonds. The zero-order chi connectivity index (χ0) is 20.4. The third-order valence-electron chi connectivity index (χ3n) is 3.79. The Morgan fingerprint density at radius 3 is 1.48 bits per heavy atom. The first-order valence-corrected chi connectivity index (χ1v) is 8.45. The highest BCUT2D eigenvalue weighted by Gasteiger charge is 2.37. The molecule has 0 atom stereocenters. The van der Waals surface area contributed by atoms with Crippen LogP contribution in [0.2, 0.25) is 0 Å². The molecule has 27 heavy (non-hydrogen) atoms. The van der Waals surface area contributed by atoms with Crippen molar-refractivity contribution in [2.75, 3.05) is 14.2 Å². The van der Waals surface area contributed by atoms with Gasteiger partial charge in [-0.1, -0.05) is 46.9 Å². The van der Waals surface area contributed by atoms with Crippen LogP contribution in [0.25, 0.3) is 0 Å². The minimum absolute atomic E-state index is 0.0347. The third-order valence-corrected chi connectivity index (χ3v) is 4.45. The number of hydrogen-bond acceptors (Lipinski definition) is 6. The number of halogens is 3. The van der Waals surface area contributed by atoms with Gasteiger partial charge in [0.25, 0.3) is 0 Å². The smallest absolute Gasteiger partial charge is 0.311 e. The molecule has 0 aliphatic heterocycles. The normalized spacial score (nSPS) is 11.3. The maximum Gasteiger partial charge on any atom is 0.311 e. The minimum atomic E-state index is -1.94. The Morgan fingerprint density at radius 1 is 0.852 bits per heavy atom. The number of alkyl halides is 3. The highest BCUT2D eigenvalue weighted by molar-refractivity contribution is 6.68. The summed E-state index contributed by atoms with van der Waals surface area (Å²) in [6, 6.07) is 8.15. The van der Waals surface area contributed by atoms with Crippen molar-refractivity contribution < 1.29 is 19.3 Å². The zero-order valence-corrected chi connectivity index (χ0v) is 16.3. The largest absolute Gasteiger partial charge is 0.490 e. The van der Waals surface area contributed by atoms with Crippen LogP contribution in [-0.2, 0) is 0 Å². The molecule has 144 valence electrons. The molecule has 0 aliphatic carbocycles. The lowest BCUT2D eigenvalue weighted by molar-refractivity contribution is -0.385. The zero-order valence-electron chi connectivity index (χ0n) is 14.0. The van der Waals surface area contributed by atoms with E-state index >= 15 is 0 Å². The van der Waals surface area contributed by atoms with Crippen LogP contribution in [0, 0.1) is 20.2 Å². The van der Waals surface area contributed by atoms with Gasteiger partial charge >= 0.3 is 11.4 Å². The number of nitrogens with zero attached hydrogens (tertiary/aromatic N) is 2. The number of rotatable bonds is 6. The fourth-order valence-corrected chi connectivity index (χ4v) is 3.38. The minimum Gasteiger partial charge on any atom is -0.490 e. The highest BCUT2D eigenvalue weighted by atomic mass is 35.6. The van der Waals surface area contributed by atoms with Crippen molar-refractivity contribution in [3.63, 3.8) is 0 Å². The Kier molecular flexibility index (Phi) is 6.35. The quantitative estimate of drug-likeness (QED) is 0.358. The van der Waals surface area contributed by atoms with Crippen LogP contribution in [0.15, 0.2) is 36.4 Å². The topological polar surface area (TPSA) is 105 Å². The van der Waals surface area contributed by atoms with Gasteiger partial charge in [-0.05, 0) is 23.3 Å². The lowest BCUT2D eigenvalue weighted by Gasteiger charge is -2.25. The van der Waals surface area contributed by atoms with E-state index in [1.54, 1.807) is 0 Å². The molecule has 0 aliphatic rings. The first-order chi connectivity index (χ1) is 12.6. The van der Waals surface area contributed by atoms with Crippen LogP contribution < -0.4 is 9.47 Å². The van der Waals surface area contributed by atoms with Crippen LogP contribution in [-0.4, -0.2) is 27.9 Å². The van der Waals surface area contributed by atoms with Gasteiger partial charge in [0, 0.05) is 12.1 Å². The second kappa shape index (κ2) is 8.16. The molecule has 2 aromatic rings. The molecule has 0 saturated heterocycles. The summed E-state index contributed by atoms with van der Waals surface area (Å²) in [5.41, 5.74) is -0.0848. The Morgan fingerprint density at radius 2 is 1.22 bits per heavy atom. The molecule has 2 aromatic carbocycles. The highest BCUT2D eigenvalue weighted by Crippen LogP contribution is 2.48. The second-order valence-electron chi connectivity index (χ2n) is 5.35. The number of benzene rings is 2. The molecule has 0 unspecified atom stereocenters. The Bertz CT molecular complexity index is 819. The molecule has 0 aromatic heterocycles. The second-order valence-corrected chi connectivity index (χ2v) is 7.72. The predicted octanol–water partition coefficient (Wildman–Crippen LogP) is 5.02. The molecule has 0 radical (unpaired) electrons. The fraction of sp³-hybridized carbons (Fsp3) is 0.250.